The van der Waals surface area contributed by atoms with Crippen LogP contribution in [0.4, 0.5) is 0 Å². The number of nitriles is 1. The van der Waals surface area contributed by atoms with E-state index in [0.29, 0.717) is 6.04 Å². The van der Waals surface area contributed by atoms with Crippen LogP contribution in [0.5, 0.6) is 0 Å². The third kappa shape index (κ3) is 3.18. The van der Waals surface area contributed by atoms with Crippen molar-refractivity contribution in [3.8, 4) is 6.07 Å². The lowest BCUT2D eigenvalue weighted by Crippen LogP contribution is -2.43. The number of hydrogen-bond acceptors (Lipinski definition) is 4. The molecule has 0 aromatic carbocycles. The first-order chi connectivity index (χ1) is 7.67. The van der Waals surface area contributed by atoms with Gasteiger partial charge in [-0.1, -0.05) is 6.92 Å². The summed E-state index contributed by atoms with van der Waals surface area (Å²) >= 11 is 0. The number of ether oxygens (including phenoxy) is 1. The van der Waals surface area contributed by atoms with Crippen LogP contribution < -0.4 is 5.32 Å². The minimum atomic E-state index is -0.291. The predicted molar refractivity (Wildman–Crippen MR) is 64.2 cm³/mol. The first kappa shape index (κ1) is 13.4. The van der Waals surface area contributed by atoms with Gasteiger partial charge < -0.3 is 9.64 Å². The maximum atomic E-state index is 9.27. The topological polar surface area (TPSA) is 48.3 Å². The van der Waals surface area contributed by atoms with Crippen LogP contribution in [0.2, 0.25) is 0 Å². The maximum Gasteiger partial charge on any atom is 0.108 e. The number of methoxy groups -OCH3 is 1. The van der Waals surface area contributed by atoms with Crippen molar-refractivity contribution in [2.75, 3.05) is 33.9 Å². The second-order valence-corrected chi connectivity index (χ2v) is 4.59. The Morgan fingerprint density at radius 2 is 2.38 bits per heavy atom. The fourth-order valence-corrected chi connectivity index (χ4v) is 2.45. The average Bonchev–Trinajstić information content (AvgIpc) is 2.71. The summed E-state index contributed by atoms with van der Waals surface area (Å²) in [6, 6.07) is 2.96. The van der Waals surface area contributed by atoms with E-state index in [0.717, 1.165) is 39.0 Å². The molecule has 2 atom stereocenters. The zero-order valence-corrected chi connectivity index (χ0v) is 10.6. The van der Waals surface area contributed by atoms with Crippen molar-refractivity contribution in [1.29, 1.82) is 5.26 Å². The standard InChI is InChI=1S/C12H23N3O/c1-4-14-12(10-13)6-5-11(9-12)15(2)7-8-16-3/h11,14H,4-9H2,1-3H3. The second kappa shape index (κ2) is 6.19. The van der Waals surface area contributed by atoms with E-state index in [4.69, 9.17) is 4.74 Å². The molecule has 92 valence electrons. The molecular formula is C12H23N3O. The molecule has 4 nitrogen and oxygen atoms in total. The van der Waals surface area contributed by atoms with Gasteiger partial charge in [-0.05, 0) is 32.9 Å². The fraction of sp³-hybridized carbons (Fsp3) is 0.917. The summed E-state index contributed by atoms with van der Waals surface area (Å²) < 4.78 is 5.08. The van der Waals surface area contributed by atoms with E-state index in [-0.39, 0.29) is 5.54 Å². The van der Waals surface area contributed by atoms with Crippen LogP contribution in [-0.4, -0.2) is 50.3 Å². The molecule has 0 heterocycles. The molecule has 1 aliphatic carbocycles. The summed E-state index contributed by atoms with van der Waals surface area (Å²) in [4.78, 5) is 2.31. The van der Waals surface area contributed by atoms with Gasteiger partial charge in [-0.3, -0.25) is 5.32 Å². The van der Waals surface area contributed by atoms with E-state index in [1.165, 1.54) is 0 Å². The highest BCUT2D eigenvalue weighted by molar-refractivity contribution is 5.13. The smallest absolute Gasteiger partial charge is 0.108 e. The van der Waals surface area contributed by atoms with Gasteiger partial charge in [-0.2, -0.15) is 5.26 Å². The summed E-state index contributed by atoms with van der Waals surface area (Å²) in [6.07, 6.45) is 2.98. The summed E-state index contributed by atoms with van der Waals surface area (Å²) in [5.41, 5.74) is -0.291. The van der Waals surface area contributed by atoms with Gasteiger partial charge in [0.05, 0.1) is 12.7 Å². The lowest BCUT2D eigenvalue weighted by Gasteiger charge is -2.26. The minimum Gasteiger partial charge on any atom is -0.383 e. The Kier molecular flexibility index (Phi) is 5.20. The van der Waals surface area contributed by atoms with E-state index in [1.54, 1.807) is 7.11 Å². The van der Waals surface area contributed by atoms with Crippen molar-refractivity contribution in [1.82, 2.24) is 10.2 Å². The molecule has 0 spiro atoms. The zero-order valence-electron chi connectivity index (χ0n) is 10.6. The Morgan fingerprint density at radius 1 is 1.62 bits per heavy atom. The molecule has 1 aliphatic rings. The molecule has 0 bridgehead atoms. The largest absolute Gasteiger partial charge is 0.383 e. The fourth-order valence-electron chi connectivity index (χ4n) is 2.45. The Labute approximate surface area is 98.6 Å². The van der Waals surface area contributed by atoms with Crippen LogP contribution in [0.3, 0.4) is 0 Å². The molecular weight excluding hydrogens is 202 g/mol. The molecule has 0 aromatic rings. The van der Waals surface area contributed by atoms with Crippen molar-refractivity contribution >= 4 is 0 Å². The van der Waals surface area contributed by atoms with Crippen LogP contribution >= 0.6 is 0 Å². The van der Waals surface area contributed by atoms with Gasteiger partial charge in [0.1, 0.15) is 5.54 Å². The van der Waals surface area contributed by atoms with Gasteiger partial charge >= 0.3 is 0 Å². The van der Waals surface area contributed by atoms with Gasteiger partial charge in [0.2, 0.25) is 0 Å². The van der Waals surface area contributed by atoms with Gasteiger partial charge in [0.15, 0.2) is 0 Å². The zero-order chi connectivity index (χ0) is 12.0. The first-order valence-corrected chi connectivity index (χ1v) is 6.03. The molecule has 0 aromatic heterocycles. The molecule has 1 fully saturated rings. The number of nitrogens with one attached hydrogen (secondary N) is 1. The van der Waals surface area contributed by atoms with Crippen LogP contribution in [-0.2, 0) is 4.74 Å². The molecule has 0 radical (unpaired) electrons. The van der Waals surface area contributed by atoms with E-state index < -0.39 is 0 Å². The van der Waals surface area contributed by atoms with Crippen molar-refractivity contribution in [3.63, 3.8) is 0 Å². The van der Waals surface area contributed by atoms with Crippen LogP contribution in [0.1, 0.15) is 26.2 Å². The molecule has 1 N–H and O–H groups in total. The van der Waals surface area contributed by atoms with Gasteiger partial charge in [0, 0.05) is 19.7 Å². The van der Waals surface area contributed by atoms with Crippen LogP contribution in [0.15, 0.2) is 0 Å². The second-order valence-electron chi connectivity index (χ2n) is 4.59. The summed E-state index contributed by atoms with van der Waals surface area (Å²) in [6.45, 7) is 4.62. The number of likely N-dealkylation sites (N-methyl/N-ethyl adjacent to an activating group) is 1. The van der Waals surface area contributed by atoms with Crippen molar-refractivity contribution in [2.24, 2.45) is 0 Å². The molecule has 16 heavy (non-hydrogen) atoms. The highest BCUT2D eigenvalue weighted by Crippen LogP contribution is 2.32. The molecule has 1 saturated carbocycles. The molecule has 0 amide bonds. The van der Waals surface area contributed by atoms with Crippen molar-refractivity contribution < 1.29 is 4.74 Å². The highest BCUT2D eigenvalue weighted by Gasteiger charge is 2.39. The van der Waals surface area contributed by atoms with Gasteiger partial charge in [-0.25, -0.2) is 0 Å². The Morgan fingerprint density at radius 3 is 2.94 bits per heavy atom. The van der Waals surface area contributed by atoms with E-state index in [9.17, 15) is 5.26 Å². The quantitative estimate of drug-likeness (QED) is 0.732. The lowest BCUT2D eigenvalue weighted by atomic mass is 9.99. The number of rotatable bonds is 6. The van der Waals surface area contributed by atoms with E-state index in [1.807, 2.05) is 0 Å². The monoisotopic (exact) mass is 225 g/mol. The molecule has 0 aliphatic heterocycles. The Balaban J connectivity index is 2.47. The number of nitrogens with zero attached hydrogens (tertiary/aromatic N) is 2. The SMILES string of the molecule is CCNC1(C#N)CCC(N(C)CCOC)C1. The van der Waals surface area contributed by atoms with Gasteiger partial charge in [0.25, 0.3) is 0 Å². The summed E-state index contributed by atoms with van der Waals surface area (Å²) in [5, 5.41) is 12.6. The van der Waals surface area contributed by atoms with E-state index >= 15 is 0 Å². The van der Waals surface area contributed by atoms with Crippen molar-refractivity contribution in [3.05, 3.63) is 0 Å². The van der Waals surface area contributed by atoms with Crippen LogP contribution in [0.25, 0.3) is 0 Å². The van der Waals surface area contributed by atoms with Gasteiger partial charge in [-0.15, -0.1) is 0 Å². The van der Waals surface area contributed by atoms with E-state index in [2.05, 4.69) is 30.3 Å². The average molecular weight is 225 g/mol. The minimum absolute atomic E-state index is 0.291. The molecule has 2 unspecified atom stereocenters. The molecule has 0 saturated heterocycles. The van der Waals surface area contributed by atoms with Crippen LogP contribution in [0, 0.1) is 11.3 Å². The predicted octanol–water partition coefficient (Wildman–Crippen LogP) is 0.989. The Bertz CT molecular complexity index is 251. The Hall–Kier alpha value is -0.630. The maximum absolute atomic E-state index is 9.27. The molecule has 1 rings (SSSR count). The lowest BCUT2D eigenvalue weighted by molar-refractivity contribution is 0.138. The first-order valence-electron chi connectivity index (χ1n) is 6.03. The third-order valence-electron chi connectivity index (χ3n) is 3.49. The summed E-state index contributed by atoms with van der Waals surface area (Å²) in [5.74, 6) is 0. The normalized spacial score (nSPS) is 29.6. The third-order valence-corrected chi connectivity index (χ3v) is 3.49. The number of hydrogen-bond donors (Lipinski definition) is 1. The molecule has 4 heteroatoms. The summed E-state index contributed by atoms with van der Waals surface area (Å²) in [7, 11) is 3.84. The van der Waals surface area contributed by atoms with Crippen molar-refractivity contribution in [2.45, 2.75) is 37.8 Å². The highest BCUT2D eigenvalue weighted by atomic mass is 16.5.